The number of hydrogen-bond donors (Lipinski definition) is 1. The smallest absolute Gasteiger partial charge is 0.336 e. The van der Waals surface area contributed by atoms with Crippen LogP contribution in [0.4, 0.5) is 8.78 Å². The molecule has 2 nitrogen and oxygen atoms in total. The second-order valence-electron chi connectivity index (χ2n) is 2.56. The molecule has 0 heterocycles. The normalized spacial score (nSPS) is 10.0. The zero-order chi connectivity index (χ0) is 9.84. The molecule has 1 rings (SSSR count). The van der Waals surface area contributed by atoms with Crippen LogP contribution in [0.25, 0.3) is 0 Å². The molecule has 0 spiro atoms. The van der Waals surface area contributed by atoms with E-state index < -0.39 is 19.3 Å². The minimum atomic E-state index is -1.20. The first-order valence-corrected chi connectivity index (χ1v) is 3.66. The Morgan fingerprint density at radius 2 is 2.00 bits per heavy atom. The monoisotopic (exact) mass is 186 g/mol. The van der Waals surface area contributed by atoms with Crippen LogP contribution in [-0.4, -0.2) is 11.1 Å². The summed E-state index contributed by atoms with van der Waals surface area (Å²) in [6.07, 6.45) is 0. The van der Waals surface area contributed by atoms with E-state index in [1.165, 1.54) is 18.2 Å². The van der Waals surface area contributed by atoms with E-state index >= 15 is 0 Å². The van der Waals surface area contributed by atoms with Gasteiger partial charge in [-0.1, -0.05) is 6.07 Å². The molecule has 70 valence electrons. The van der Waals surface area contributed by atoms with Gasteiger partial charge in [0.15, 0.2) is 0 Å². The van der Waals surface area contributed by atoms with E-state index in [2.05, 4.69) is 0 Å². The van der Waals surface area contributed by atoms with Crippen LogP contribution >= 0.6 is 0 Å². The van der Waals surface area contributed by atoms with E-state index in [9.17, 15) is 13.6 Å². The van der Waals surface area contributed by atoms with Crippen molar-refractivity contribution in [3.05, 3.63) is 34.9 Å². The van der Waals surface area contributed by atoms with E-state index in [4.69, 9.17) is 5.11 Å². The number of halogens is 2. The Bertz CT molecular complexity index is 323. The first-order valence-electron chi connectivity index (χ1n) is 3.66. The highest BCUT2D eigenvalue weighted by molar-refractivity contribution is 5.89. The lowest BCUT2D eigenvalue weighted by Crippen LogP contribution is -2.01. The molecular formula is C9H8F2O2. The molecule has 0 aliphatic heterocycles. The highest BCUT2D eigenvalue weighted by Crippen LogP contribution is 2.14. The van der Waals surface area contributed by atoms with Crippen molar-refractivity contribution in [1.82, 2.24) is 0 Å². The van der Waals surface area contributed by atoms with Gasteiger partial charge in [-0.15, -0.1) is 0 Å². The van der Waals surface area contributed by atoms with E-state index in [1.54, 1.807) is 0 Å². The number of carboxylic acid groups (broad SMARTS) is 1. The number of rotatable bonds is 3. The van der Waals surface area contributed by atoms with Crippen molar-refractivity contribution in [3.8, 4) is 0 Å². The highest BCUT2D eigenvalue weighted by Gasteiger charge is 2.09. The standard InChI is InChI=1S/C9H8F2O2/c10-4-6-1-2-8(9(12)13)7(3-6)5-11/h1-3H,4-5H2,(H,12,13). The van der Waals surface area contributed by atoms with Gasteiger partial charge in [0.05, 0.1) is 5.56 Å². The average molecular weight is 186 g/mol. The van der Waals surface area contributed by atoms with E-state index in [-0.39, 0.29) is 16.7 Å². The van der Waals surface area contributed by atoms with Crippen molar-refractivity contribution in [2.75, 3.05) is 0 Å². The zero-order valence-corrected chi connectivity index (χ0v) is 6.76. The van der Waals surface area contributed by atoms with Gasteiger partial charge in [-0.2, -0.15) is 0 Å². The lowest BCUT2D eigenvalue weighted by Gasteiger charge is -2.02. The third-order valence-corrected chi connectivity index (χ3v) is 1.70. The summed E-state index contributed by atoms with van der Waals surface area (Å²) in [7, 11) is 0. The highest BCUT2D eigenvalue weighted by atomic mass is 19.1. The maximum Gasteiger partial charge on any atom is 0.336 e. The predicted molar refractivity (Wildman–Crippen MR) is 43.0 cm³/mol. The third-order valence-electron chi connectivity index (χ3n) is 1.70. The van der Waals surface area contributed by atoms with Crippen molar-refractivity contribution in [1.29, 1.82) is 0 Å². The summed E-state index contributed by atoms with van der Waals surface area (Å²) >= 11 is 0. The number of hydrogen-bond acceptors (Lipinski definition) is 1. The van der Waals surface area contributed by atoms with Crippen LogP contribution in [0.2, 0.25) is 0 Å². The summed E-state index contributed by atoms with van der Waals surface area (Å²) in [5.41, 5.74) is 0.194. The fraction of sp³-hybridized carbons (Fsp3) is 0.222. The molecule has 0 radical (unpaired) electrons. The summed E-state index contributed by atoms with van der Waals surface area (Å²) in [4.78, 5) is 10.5. The van der Waals surface area contributed by atoms with Crippen molar-refractivity contribution < 1.29 is 18.7 Å². The molecule has 1 N–H and O–H groups in total. The first-order chi connectivity index (χ1) is 6.19. The quantitative estimate of drug-likeness (QED) is 0.786. The molecule has 0 unspecified atom stereocenters. The van der Waals surface area contributed by atoms with Crippen molar-refractivity contribution in [2.24, 2.45) is 0 Å². The number of alkyl halides is 2. The Labute approximate surface area is 73.8 Å². The molecule has 0 amide bonds. The van der Waals surface area contributed by atoms with Crippen LogP contribution in [0.5, 0.6) is 0 Å². The Hall–Kier alpha value is -1.45. The minimum absolute atomic E-state index is 0.0163. The Morgan fingerprint density at radius 1 is 1.31 bits per heavy atom. The first kappa shape index (κ1) is 9.64. The molecule has 0 saturated heterocycles. The van der Waals surface area contributed by atoms with Gasteiger partial charge >= 0.3 is 5.97 Å². The molecule has 4 heteroatoms. The number of aromatic carboxylic acids is 1. The summed E-state index contributed by atoms with van der Waals surface area (Å²) in [5.74, 6) is -1.20. The predicted octanol–water partition coefficient (Wildman–Crippen LogP) is 2.32. The van der Waals surface area contributed by atoms with Gasteiger partial charge in [-0.25, -0.2) is 13.6 Å². The Kier molecular flexibility index (Phi) is 2.95. The molecular weight excluding hydrogens is 178 g/mol. The molecule has 0 saturated carbocycles. The summed E-state index contributed by atoms with van der Waals surface area (Å²) in [6, 6.07) is 3.78. The van der Waals surface area contributed by atoms with Crippen molar-refractivity contribution in [3.63, 3.8) is 0 Å². The number of carbonyl (C=O) groups is 1. The maximum atomic E-state index is 12.3. The molecule has 13 heavy (non-hydrogen) atoms. The second kappa shape index (κ2) is 3.98. The van der Waals surface area contributed by atoms with Crippen LogP contribution in [0.1, 0.15) is 21.5 Å². The molecule has 0 aliphatic rings. The molecule has 0 fully saturated rings. The van der Waals surface area contributed by atoms with Crippen LogP contribution in [0.3, 0.4) is 0 Å². The van der Waals surface area contributed by atoms with E-state index in [0.717, 1.165) is 0 Å². The van der Waals surface area contributed by atoms with Gasteiger partial charge in [-0.3, -0.25) is 0 Å². The van der Waals surface area contributed by atoms with Crippen LogP contribution in [0, 0.1) is 0 Å². The van der Waals surface area contributed by atoms with Gasteiger partial charge in [0.2, 0.25) is 0 Å². The SMILES string of the molecule is O=C(O)c1ccc(CF)cc1CF. The molecule has 0 bridgehead atoms. The topological polar surface area (TPSA) is 37.3 Å². The number of carboxylic acids is 1. The van der Waals surface area contributed by atoms with Crippen molar-refractivity contribution >= 4 is 5.97 Å². The lowest BCUT2D eigenvalue weighted by atomic mass is 10.1. The maximum absolute atomic E-state index is 12.3. The van der Waals surface area contributed by atoms with Gasteiger partial charge in [-0.05, 0) is 23.3 Å². The molecule has 1 aromatic rings. The van der Waals surface area contributed by atoms with Crippen molar-refractivity contribution in [2.45, 2.75) is 13.3 Å². The van der Waals surface area contributed by atoms with Gasteiger partial charge < -0.3 is 5.11 Å². The summed E-state index contributed by atoms with van der Waals surface area (Å²) < 4.78 is 24.4. The largest absolute Gasteiger partial charge is 0.478 e. The van der Waals surface area contributed by atoms with Gasteiger partial charge in [0, 0.05) is 0 Å². The fourth-order valence-electron chi connectivity index (χ4n) is 1.05. The summed E-state index contributed by atoms with van der Waals surface area (Å²) in [5, 5.41) is 8.60. The fourth-order valence-corrected chi connectivity index (χ4v) is 1.05. The van der Waals surface area contributed by atoms with Crippen LogP contribution < -0.4 is 0 Å². The van der Waals surface area contributed by atoms with Crippen LogP contribution in [0.15, 0.2) is 18.2 Å². The van der Waals surface area contributed by atoms with E-state index in [1.807, 2.05) is 0 Å². The molecule has 0 aromatic heterocycles. The average Bonchev–Trinajstić information content (AvgIpc) is 2.16. The van der Waals surface area contributed by atoms with E-state index in [0.29, 0.717) is 0 Å². The second-order valence-corrected chi connectivity index (χ2v) is 2.56. The van der Waals surface area contributed by atoms with Crippen LogP contribution in [-0.2, 0) is 13.3 Å². The van der Waals surface area contributed by atoms with Gasteiger partial charge in [0.1, 0.15) is 13.3 Å². The molecule has 0 atom stereocenters. The number of benzene rings is 1. The third kappa shape index (κ3) is 2.02. The zero-order valence-electron chi connectivity index (χ0n) is 6.76. The lowest BCUT2D eigenvalue weighted by molar-refractivity contribution is 0.0694. The van der Waals surface area contributed by atoms with Gasteiger partial charge in [0.25, 0.3) is 0 Å². The molecule has 0 aliphatic carbocycles. The molecule has 1 aromatic carbocycles. The Balaban J connectivity index is 3.15. The minimum Gasteiger partial charge on any atom is -0.478 e. The summed E-state index contributed by atoms with van der Waals surface area (Å²) in [6.45, 7) is -1.61. The Morgan fingerprint density at radius 3 is 2.46 bits per heavy atom.